The molecule has 0 saturated carbocycles. The fourth-order valence-electron chi connectivity index (χ4n) is 4.60. The highest BCUT2D eigenvalue weighted by molar-refractivity contribution is 6.39. The quantitative estimate of drug-likeness (QED) is 0.192. The average molecular weight is 584 g/mol. The summed E-state index contributed by atoms with van der Waals surface area (Å²) < 4.78 is 32.3. The minimum Gasteiger partial charge on any atom is -0.493 e. The summed E-state index contributed by atoms with van der Waals surface area (Å²) >= 11 is 0. The molecular weight excluding hydrogens is 550 g/mol. The summed E-state index contributed by atoms with van der Waals surface area (Å²) in [6.45, 7) is 7.90. The van der Waals surface area contributed by atoms with Crippen molar-refractivity contribution in [1.82, 2.24) is 10.6 Å². The van der Waals surface area contributed by atoms with Crippen molar-refractivity contribution < 1.29 is 28.2 Å². The lowest BCUT2D eigenvalue weighted by molar-refractivity contribution is -0.136. The summed E-state index contributed by atoms with van der Waals surface area (Å²) in [6.07, 6.45) is 6.52. The van der Waals surface area contributed by atoms with Gasteiger partial charge in [-0.2, -0.15) is 0 Å². The first-order chi connectivity index (χ1) is 20.7. The molecule has 0 aromatic heterocycles. The van der Waals surface area contributed by atoms with Crippen molar-refractivity contribution in [2.45, 2.75) is 25.8 Å². The van der Waals surface area contributed by atoms with Crippen molar-refractivity contribution in [2.75, 3.05) is 32.1 Å². The number of hydrogen-bond acceptors (Lipinski definition) is 7. The largest absolute Gasteiger partial charge is 0.493 e. The molecular formula is C32H34BFN4O5. The Bertz CT molecular complexity index is 1480. The van der Waals surface area contributed by atoms with E-state index in [-0.39, 0.29) is 22.9 Å². The Morgan fingerprint density at radius 1 is 1.14 bits per heavy atom. The first kappa shape index (κ1) is 31.3. The predicted octanol–water partition coefficient (Wildman–Crippen LogP) is 3.72. The molecule has 2 aromatic carbocycles. The Balaban J connectivity index is 1.40. The van der Waals surface area contributed by atoms with E-state index in [9.17, 15) is 9.59 Å². The zero-order chi connectivity index (χ0) is 30.9. The van der Waals surface area contributed by atoms with Crippen LogP contribution >= 0.6 is 0 Å². The van der Waals surface area contributed by atoms with Gasteiger partial charge in [0.1, 0.15) is 13.6 Å². The lowest BCUT2D eigenvalue weighted by Crippen LogP contribution is -2.37. The molecule has 43 heavy (non-hydrogen) atoms. The van der Waals surface area contributed by atoms with Gasteiger partial charge in [0.25, 0.3) is 0 Å². The molecule has 2 amide bonds. The zero-order valence-electron chi connectivity index (χ0n) is 24.2. The van der Waals surface area contributed by atoms with Crippen LogP contribution in [0.4, 0.5) is 10.1 Å². The van der Waals surface area contributed by atoms with E-state index < -0.39 is 23.7 Å². The highest BCUT2D eigenvalue weighted by atomic mass is 19.1. The third-order valence-corrected chi connectivity index (χ3v) is 7.09. The van der Waals surface area contributed by atoms with Crippen LogP contribution in [0.15, 0.2) is 90.1 Å². The number of methoxy groups -OCH3 is 1. The second-order valence-corrected chi connectivity index (χ2v) is 10.2. The van der Waals surface area contributed by atoms with Crippen molar-refractivity contribution in [2.24, 2.45) is 5.92 Å². The number of nitrogens with one attached hydrogen (secondary N) is 4. The molecule has 2 radical (unpaired) electrons. The van der Waals surface area contributed by atoms with Gasteiger partial charge in [-0.15, -0.1) is 0 Å². The summed E-state index contributed by atoms with van der Waals surface area (Å²) in [5.41, 5.74) is 1.82. The summed E-state index contributed by atoms with van der Waals surface area (Å²) in [5, 5.41) is 16.8. The van der Waals surface area contributed by atoms with Crippen LogP contribution in [0.1, 0.15) is 31.4 Å². The van der Waals surface area contributed by atoms with Gasteiger partial charge in [-0.1, -0.05) is 36.3 Å². The van der Waals surface area contributed by atoms with Crippen LogP contribution in [0.2, 0.25) is 0 Å². The monoisotopic (exact) mass is 584 g/mol. The molecule has 1 aliphatic carbocycles. The molecule has 1 heterocycles. The fraction of sp³-hybridized carbons (Fsp3) is 0.281. The molecule has 1 aliphatic heterocycles. The minimum atomic E-state index is -0.956. The fourth-order valence-corrected chi connectivity index (χ4v) is 4.60. The standard InChI is InChI=1S/C32H34BFN4O5/c1-4-27(24-16-29(41-3)30(17-26(24)35)42-18-20-11-13-36-14-12-20)43-28-10-9-23(15-25(28)34)38-32(40)31(39)37-19(2)21-5-7-22(33)8-6-21/h4-10,15-17,19-20,35-36H,1,11-14,18H2,2-3H3,(H,37,39)(H,38,40)/b27-24+,35-26?. The van der Waals surface area contributed by atoms with Crippen molar-refractivity contribution >= 4 is 36.5 Å². The molecule has 4 rings (SSSR count). The van der Waals surface area contributed by atoms with Gasteiger partial charge in [0.15, 0.2) is 23.1 Å². The van der Waals surface area contributed by atoms with Crippen LogP contribution < -0.4 is 26.2 Å². The molecule has 0 spiro atoms. The van der Waals surface area contributed by atoms with Crippen molar-refractivity contribution in [3.63, 3.8) is 0 Å². The molecule has 2 aromatic rings. The molecule has 2 aliphatic rings. The van der Waals surface area contributed by atoms with Gasteiger partial charge < -0.3 is 30.2 Å². The molecule has 1 saturated heterocycles. The third-order valence-electron chi connectivity index (χ3n) is 7.09. The summed E-state index contributed by atoms with van der Waals surface area (Å²) in [7, 11) is 7.19. The van der Waals surface area contributed by atoms with Gasteiger partial charge in [0.2, 0.25) is 0 Å². The molecule has 1 fully saturated rings. The van der Waals surface area contributed by atoms with Crippen LogP contribution in [0.25, 0.3) is 0 Å². The second-order valence-electron chi connectivity index (χ2n) is 10.2. The minimum absolute atomic E-state index is 0.0587. The number of carbonyl (C=O) groups is 2. The van der Waals surface area contributed by atoms with E-state index in [1.54, 1.807) is 37.3 Å². The third kappa shape index (κ3) is 8.23. The Hall–Kier alpha value is -4.64. The van der Waals surface area contributed by atoms with Crippen molar-refractivity contribution in [3.8, 4) is 5.75 Å². The topological polar surface area (TPSA) is 122 Å². The van der Waals surface area contributed by atoms with E-state index in [1.807, 2.05) is 0 Å². The Kier molecular flexibility index (Phi) is 10.6. The Morgan fingerprint density at radius 3 is 2.51 bits per heavy atom. The molecule has 1 atom stereocenters. The first-order valence-electron chi connectivity index (χ1n) is 13.9. The van der Waals surface area contributed by atoms with Gasteiger partial charge in [-0.05, 0) is 68.6 Å². The molecule has 222 valence electrons. The summed E-state index contributed by atoms with van der Waals surface area (Å²) in [5.74, 6) is -1.41. The van der Waals surface area contributed by atoms with Gasteiger partial charge in [0, 0.05) is 23.4 Å². The van der Waals surface area contributed by atoms with E-state index >= 15 is 4.39 Å². The van der Waals surface area contributed by atoms with Crippen LogP contribution in [-0.4, -0.2) is 52.2 Å². The number of hydrogen-bond donors (Lipinski definition) is 4. The number of halogens is 1. The number of piperidine rings is 1. The number of ether oxygens (including phenoxy) is 3. The zero-order valence-corrected chi connectivity index (χ0v) is 24.2. The van der Waals surface area contributed by atoms with E-state index in [1.165, 1.54) is 31.4 Å². The number of allylic oxidation sites excluding steroid dienone is 4. The highest BCUT2D eigenvalue weighted by Crippen LogP contribution is 2.29. The number of anilines is 1. The average Bonchev–Trinajstić information content (AvgIpc) is 3.00. The van der Waals surface area contributed by atoms with Gasteiger partial charge in [-0.25, -0.2) is 4.39 Å². The number of rotatable bonds is 10. The van der Waals surface area contributed by atoms with Gasteiger partial charge in [-0.3, -0.25) is 15.0 Å². The lowest BCUT2D eigenvalue weighted by Gasteiger charge is -2.25. The van der Waals surface area contributed by atoms with E-state index in [0.29, 0.717) is 35.1 Å². The van der Waals surface area contributed by atoms with Gasteiger partial charge >= 0.3 is 11.8 Å². The smallest absolute Gasteiger partial charge is 0.313 e. The van der Waals surface area contributed by atoms with Gasteiger partial charge in [0.05, 0.1) is 25.5 Å². The normalized spacial score (nSPS) is 17.1. The second kappa shape index (κ2) is 14.5. The summed E-state index contributed by atoms with van der Waals surface area (Å²) in [6, 6.07) is 10.2. The molecule has 0 bridgehead atoms. The maximum absolute atomic E-state index is 15.0. The van der Waals surface area contributed by atoms with E-state index in [4.69, 9.17) is 27.5 Å². The van der Waals surface area contributed by atoms with Crippen LogP contribution in [0, 0.1) is 17.1 Å². The van der Waals surface area contributed by atoms with Crippen molar-refractivity contribution in [1.29, 1.82) is 5.41 Å². The molecule has 4 N–H and O–H groups in total. The van der Waals surface area contributed by atoms with E-state index in [0.717, 1.165) is 37.6 Å². The number of amides is 2. The SMILES string of the molecule is [B]c1ccc(C(C)NC(=O)C(=O)Nc2ccc(O/C(C=C)=C3\C=C(OC)C(OCC4CCNCC4)=CC3=N)c(F)c2)cc1. The maximum Gasteiger partial charge on any atom is 0.313 e. The number of benzene rings is 2. The predicted molar refractivity (Wildman–Crippen MR) is 164 cm³/mol. The molecule has 1 unspecified atom stereocenters. The Morgan fingerprint density at radius 2 is 1.86 bits per heavy atom. The van der Waals surface area contributed by atoms with Crippen LogP contribution in [-0.2, 0) is 19.1 Å². The maximum atomic E-state index is 15.0. The van der Waals surface area contributed by atoms with E-state index in [2.05, 4.69) is 22.5 Å². The molecule has 9 nitrogen and oxygen atoms in total. The molecule has 11 heteroatoms. The van der Waals surface area contributed by atoms with Crippen molar-refractivity contribution in [3.05, 3.63) is 102 Å². The lowest BCUT2D eigenvalue weighted by atomic mass is 9.94. The number of carbonyl (C=O) groups excluding carboxylic acids is 2. The first-order valence-corrected chi connectivity index (χ1v) is 13.9. The highest BCUT2D eigenvalue weighted by Gasteiger charge is 2.23. The van der Waals surface area contributed by atoms with Crippen LogP contribution in [0.5, 0.6) is 5.75 Å². The van der Waals surface area contributed by atoms with Crippen LogP contribution in [0.3, 0.4) is 0 Å². The Labute approximate surface area is 251 Å². The summed E-state index contributed by atoms with van der Waals surface area (Å²) in [4.78, 5) is 24.8.